The van der Waals surface area contributed by atoms with E-state index in [4.69, 9.17) is 11.6 Å². The molecule has 6 heteroatoms. The summed E-state index contributed by atoms with van der Waals surface area (Å²) < 4.78 is 0.802. The van der Waals surface area contributed by atoms with E-state index in [1.54, 1.807) is 30.4 Å². The normalized spacial score (nSPS) is 17.0. The van der Waals surface area contributed by atoms with Crippen LogP contribution in [0.2, 0.25) is 4.34 Å². The second-order valence-corrected chi connectivity index (χ2v) is 6.69. The fourth-order valence-corrected chi connectivity index (χ4v) is 3.93. The highest BCUT2D eigenvalue weighted by Crippen LogP contribution is 2.41. The lowest BCUT2D eigenvalue weighted by Gasteiger charge is -2.14. The second-order valence-electron chi connectivity index (χ2n) is 4.92. The van der Waals surface area contributed by atoms with E-state index < -0.39 is 0 Å². The highest BCUT2D eigenvalue weighted by atomic mass is 35.5. The molecule has 1 aromatic heterocycles. The van der Waals surface area contributed by atoms with Crippen LogP contribution in [0.4, 0.5) is 11.4 Å². The number of rotatable bonds is 3. The van der Waals surface area contributed by atoms with E-state index in [1.165, 1.54) is 10.4 Å². The van der Waals surface area contributed by atoms with Crippen LogP contribution < -0.4 is 5.32 Å². The first-order chi connectivity index (χ1) is 9.54. The molecular formula is C14H13ClN2O2S. The predicted octanol–water partition coefficient (Wildman–Crippen LogP) is 4.72. The summed E-state index contributed by atoms with van der Waals surface area (Å²) in [5, 5.41) is 14.4. The number of aryl methyl sites for hydroxylation is 2. The zero-order valence-corrected chi connectivity index (χ0v) is 12.4. The molecular weight excluding hydrogens is 296 g/mol. The molecule has 0 saturated carbocycles. The molecule has 1 aliphatic rings. The maximum atomic E-state index is 11.0. The number of nitrogens with zero attached hydrogens (tertiary/aromatic N) is 1. The van der Waals surface area contributed by atoms with Crippen molar-refractivity contribution in [3.05, 3.63) is 54.7 Å². The number of halogens is 1. The van der Waals surface area contributed by atoms with Gasteiger partial charge in [0.05, 0.1) is 15.3 Å². The molecule has 4 nitrogen and oxygen atoms in total. The maximum Gasteiger partial charge on any atom is 0.274 e. The van der Waals surface area contributed by atoms with Crippen molar-refractivity contribution in [2.24, 2.45) is 0 Å². The number of anilines is 1. The van der Waals surface area contributed by atoms with Gasteiger partial charge in [-0.25, -0.2) is 0 Å². The van der Waals surface area contributed by atoms with Gasteiger partial charge in [0.15, 0.2) is 0 Å². The van der Waals surface area contributed by atoms with Gasteiger partial charge in [0, 0.05) is 22.2 Å². The number of hydrogen-bond donors (Lipinski definition) is 1. The summed E-state index contributed by atoms with van der Waals surface area (Å²) in [5.74, 6) is 0. The summed E-state index contributed by atoms with van der Waals surface area (Å²) in [7, 11) is 0. The number of nitro benzene ring substituents is 1. The van der Waals surface area contributed by atoms with Crippen LogP contribution in [0.3, 0.4) is 0 Å². The molecule has 0 amide bonds. The summed E-state index contributed by atoms with van der Waals surface area (Å²) in [6, 6.07) is 7.44. The van der Waals surface area contributed by atoms with Crippen molar-refractivity contribution >= 4 is 34.3 Å². The number of nitrogens with one attached hydrogen (secondary N) is 1. The number of fused-ring (bicyclic) bond motifs is 1. The fourth-order valence-electron chi connectivity index (χ4n) is 2.58. The Labute approximate surface area is 125 Å². The molecule has 0 radical (unpaired) electrons. The van der Waals surface area contributed by atoms with Gasteiger partial charge in [0.2, 0.25) is 0 Å². The number of thiophene rings is 1. The molecule has 1 atom stereocenters. The molecule has 1 aliphatic carbocycles. The summed E-state index contributed by atoms with van der Waals surface area (Å²) >= 11 is 7.65. The second kappa shape index (κ2) is 5.07. The molecule has 1 aromatic carbocycles. The average molecular weight is 309 g/mol. The Hall–Kier alpha value is -1.59. The zero-order chi connectivity index (χ0) is 14.3. The Morgan fingerprint density at radius 3 is 3.00 bits per heavy atom. The Kier molecular flexibility index (Phi) is 3.40. The van der Waals surface area contributed by atoms with Gasteiger partial charge in [-0.15, -0.1) is 11.3 Å². The van der Waals surface area contributed by atoms with Crippen LogP contribution in [0.5, 0.6) is 0 Å². The van der Waals surface area contributed by atoms with Crippen LogP contribution in [-0.4, -0.2) is 4.92 Å². The van der Waals surface area contributed by atoms with Crippen LogP contribution in [-0.2, 0) is 6.42 Å². The Morgan fingerprint density at radius 2 is 2.25 bits per heavy atom. The number of hydrogen-bond acceptors (Lipinski definition) is 4. The average Bonchev–Trinajstić information content (AvgIpc) is 2.92. The molecule has 0 fully saturated rings. The van der Waals surface area contributed by atoms with E-state index in [-0.39, 0.29) is 16.7 Å². The quantitative estimate of drug-likeness (QED) is 0.659. The first-order valence-corrected chi connectivity index (χ1v) is 7.53. The molecule has 104 valence electrons. The minimum atomic E-state index is -0.345. The van der Waals surface area contributed by atoms with Gasteiger partial charge in [0.25, 0.3) is 5.69 Å². The Balaban J connectivity index is 1.86. The van der Waals surface area contributed by atoms with Gasteiger partial charge in [-0.05, 0) is 37.5 Å². The van der Waals surface area contributed by atoms with Crippen LogP contribution in [0.25, 0.3) is 0 Å². The van der Waals surface area contributed by atoms with Crippen molar-refractivity contribution in [2.75, 3.05) is 5.32 Å². The largest absolute Gasteiger partial charge is 0.378 e. The summed E-state index contributed by atoms with van der Waals surface area (Å²) in [6.07, 6.45) is 2.01. The SMILES string of the molecule is Cc1ccc(NC2CCc3sc(Cl)cc32)cc1[N+](=O)[O-]. The fraction of sp³-hybridized carbons (Fsp3) is 0.286. The third-order valence-electron chi connectivity index (χ3n) is 3.59. The molecule has 2 aromatic rings. The lowest BCUT2D eigenvalue weighted by Crippen LogP contribution is -2.07. The van der Waals surface area contributed by atoms with E-state index in [2.05, 4.69) is 5.32 Å². The van der Waals surface area contributed by atoms with Crippen molar-refractivity contribution < 1.29 is 4.92 Å². The molecule has 0 bridgehead atoms. The highest BCUT2D eigenvalue weighted by Gasteiger charge is 2.25. The number of nitro groups is 1. The van der Waals surface area contributed by atoms with Crippen LogP contribution in [0.15, 0.2) is 24.3 Å². The lowest BCUT2D eigenvalue weighted by molar-refractivity contribution is -0.385. The van der Waals surface area contributed by atoms with Gasteiger partial charge < -0.3 is 5.32 Å². The van der Waals surface area contributed by atoms with Gasteiger partial charge in [-0.1, -0.05) is 17.7 Å². The minimum absolute atomic E-state index is 0.150. The summed E-state index contributed by atoms with van der Waals surface area (Å²) in [6.45, 7) is 1.74. The summed E-state index contributed by atoms with van der Waals surface area (Å²) in [4.78, 5) is 11.9. The molecule has 1 unspecified atom stereocenters. The smallest absolute Gasteiger partial charge is 0.274 e. The van der Waals surface area contributed by atoms with E-state index in [1.807, 2.05) is 12.1 Å². The lowest BCUT2D eigenvalue weighted by atomic mass is 10.1. The molecule has 3 rings (SSSR count). The zero-order valence-electron chi connectivity index (χ0n) is 10.9. The third kappa shape index (κ3) is 2.39. The van der Waals surface area contributed by atoms with Crippen LogP contribution in [0, 0.1) is 17.0 Å². The Bertz CT molecular complexity index is 684. The van der Waals surface area contributed by atoms with Crippen molar-refractivity contribution in [3.63, 3.8) is 0 Å². The molecule has 20 heavy (non-hydrogen) atoms. The van der Waals surface area contributed by atoms with Gasteiger partial charge in [-0.3, -0.25) is 10.1 Å². The van der Waals surface area contributed by atoms with Crippen molar-refractivity contribution in [1.82, 2.24) is 0 Å². The molecule has 0 spiro atoms. The van der Waals surface area contributed by atoms with Crippen molar-refractivity contribution in [1.29, 1.82) is 0 Å². The summed E-state index contributed by atoms with van der Waals surface area (Å²) in [5.41, 5.74) is 2.83. The first-order valence-electron chi connectivity index (χ1n) is 6.34. The predicted molar refractivity (Wildman–Crippen MR) is 81.8 cm³/mol. The highest BCUT2D eigenvalue weighted by molar-refractivity contribution is 7.16. The van der Waals surface area contributed by atoms with Crippen molar-refractivity contribution in [3.8, 4) is 0 Å². The van der Waals surface area contributed by atoms with Crippen molar-refractivity contribution in [2.45, 2.75) is 25.8 Å². The molecule has 0 aliphatic heterocycles. The Morgan fingerprint density at radius 1 is 1.45 bits per heavy atom. The van der Waals surface area contributed by atoms with E-state index in [0.717, 1.165) is 22.9 Å². The third-order valence-corrected chi connectivity index (χ3v) is 4.93. The minimum Gasteiger partial charge on any atom is -0.378 e. The van der Waals surface area contributed by atoms with Gasteiger partial charge >= 0.3 is 0 Å². The molecule has 1 heterocycles. The van der Waals surface area contributed by atoms with Gasteiger partial charge in [-0.2, -0.15) is 0 Å². The standard InChI is InChI=1S/C14H13ClN2O2S/c1-8-2-3-9(6-12(8)17(18)19)16-11-4-5-13-10(11)7-14(15)20-13/h2-3,6-7,11,16H,4-5H2,1H3. The topological polar surface area (TPSA) is 55.2 Å². The monoisotopic (exact) mass is 308 g/mol. The number of benzene rings is 1. The van der Waals surface area contributed by atoms with E-state index in [9.17, 15) is 10.1 Å². The van der Waals surface area contributed by atoms with E-state index >= 15 is 0 Å². The maximum absolute atomic E-state index is 11.0. The van der Waals surface area contributed by atoms with Gasteiger partial charge in [0.1, 0.15) is 0 Å². The van der Waals surface area contributed by atoms with Crippen LogP contribution >= 0.6 is 22.9 Å². The molecule has 1 N–H and O–H groups in total. The van der Waals surface area contributed by atoms with E-state index in [0.29, 0.717) is 5.56 Å². The van der Waals surface area contributed by atoms with Crippen LogP contribution in [0.1, 0.15) is 28.5 Å². The molecule has 0 saturated heterocycles. The first kappa shape index (κ1) is 13.4.